The summed E-state index contributed by atoms with van der Waals surface area (Å²) >= 11 is 3.92. The number of thiol groups is 1. The highest BCUT2D eigenvalue weighted by Gasteiger charge is 2.19. The molecule has 0 spiro atoms. The van der Waals surface area contributed by atoms with E-state index in [9.17, 15) is 18.0 Å². The molecule has 0 amide bonds. The number of rotatable bonds is 2. The van der Waals surface area contributed by atoms with Gasteiger partial charge < -0.3 is 0 Å². The summed E-state index contributed by atoms with van der Waals surface area (Å²) in [7, 11) is 0. The lowest BCUT2D eigenvalue weighted by atomic mass is 10.3. The van der Waals surface area contributed by atoms with Gasteiger partial charge in [-0.1, -0.05) is 0 Å². The fraction of sp³-hybridized carbons (Fsp3) is 0.200. The molecule has 8 heteroatoms. The van der Waals surface area contributed by atoms with Crippen LogP contribution in [0.1, 0.15) is 12.4 Å². The van der Waals surface area contributed by atoms with E-state index in [1.54, 1.807) is 0 Å². The van der Waals surface area contributed by atoms with Crippen molar-refractivity contribution in [2.45, 2.75) is 18.4 Å². The number of halogens is 3. The van der Waals surface area contributed by atoms with Crippen LogP contribution in [0.2, 0.25) is 0 Å². The van der Waals surface area contributed by atoms with Crippen LogP contribution in [0.5, 0.6) is 0 Å². The molecule has 4 nitrogen and oxygen atoms in total. The lowest BCUT2D eigenvalue weighted by molar-refractivity contribution is 0.0640. The SMILES string of the molecule is Cc1nn(-c2ccc(S)cc2F)c(=O)n1C(F)F. The van der Waals surface area contributed by atoms with Gasteiger partial charge in [-0.15, -0.1) is 17.7 Å². The first-order valence-corrected chi connectivity index (χ1v) is 5.31. The molecule has 0 bridgehead atoms. The summed E-state index contributed by atoms with van der Waals surface area (Å²) in [5.74, 6) is -0.951. The average Bonchev–Trinajstić information content (AvgIpc) is 2.54. The summed E-state index contributed by atoms with van der Waals surface area (Å²) in [6.45, 7) is -1.77. The van der Waals surface area contributed by atoms with Crippen molar-refractivity contribution in [2.24, 2.45) is 0 Å². The zero-order valence-corrected chi connectivity index (χ0v) is 10.0. The van der Waals surface area contributed by atoms with Gasteiger partial charge in [0, 0.05) is 4.90 Å². The molecule has 0 aliphatic heterocycles. The molecule has 18 heavy (non-hydrogen) atoms. The van der Waals surface area contributed by atoms with Crippen LogP contribution in [0, 0.1) is 12.7 Å². The normalized spacial score (nSPS) is 11.2. The lowest BCUT2D eigenvalue weighted by Crippen LogP contribution is -2.25. The maximum atomic E-state index is 13.6. The Morgan fingerprint density at radius 3 is 2.56 bits per heavy atom. The number of aromatic nitrogens is 3. The van der Waals surface area contributed by atoms with Crippen LogP contribution in [0.15, 0.2) is 27.9 Å². The minimum absolute atomic E-state index is 0.189. The van der Waals surface area contributed by atoms with Crippen LogP contribution in [0.25, 0.3) is 5.69 Å². The van der Waals surface area contributed by atoms with Crippen LogP contribution in [0.4, 0.5) is 13.2 Å². The van der Waals surface area contributed by atoms with Crippen molar-refractivity contribution >= 4 is 12.6 Å². The Balaban J connectivity index is 2.66. The molecule has 2 rings (SSSR count). The van der Waals surface area contributed by atoms with Crippen LogP contribution in [0.3, 0.4) is 0 Å². The highest BCUT2D eigenvalue weighted by atomic mass is 32.1. The first-order chi connectivity index (χ1) is 8.41. The lowest BCUT2D eigenvalue weighted by Gasteiger charge is -2.02. The highest BCUT2D eigenvalue weighted by molar-refractivity contribution is 7.80. The molecule has 1 heterocycles. The second-order valence-electron chi connectivity index (χ2n) is 3.52. The van der Waals surface area contributed by atoms with E-state index in [0.29, 0.717) is 9.58 Å². The molecule has 0 atom stereocenters. The Morgan fingerprint density at radius 1 is 1.39 bits per heavy atom. The molecular weight excluding hydrogens is 267 g/mol. The van der Waals surface area contributed by atoms with E-state index >= 15 is 0 Å². The Hall–Kier alpha value is -1.70. The van der Waals surface area contributed by atoms with Gasteiger partial charge >= 0.3 is 12.2 Å². The Kier molecular flexibility index (Phi) is 3.20. The van der Waals surface area contributed by atoms with Crippen molar-refractivity contribution < 1.29 is 13.2 Å². The molecular formula is C10H8F3N3OS. The van der Waals surface area contributed by atoms with Crippen LogP contribution >= 0.6 is 12.6 Å². The summed E-state index contributed by atoms with van der Waals surface area (Å²) < 4.78 is 39.6. The second-order valence-corrected chi connectivity index (χ2v) is 4.04. The topological polar surface area (TPSA) is 39.8 Å². The predicted molar refractivity (Wildman–Crippen MR) is 61.0 cm³/mol. The number of alkyl halides is 2. The fourth-order valence-electron chi connectivity index (χ4n) is 1.53. The average molecular weight is 275 g/mol. The van der Waals surface area contributed by atoms with E-state index in [2.05, 4.69) is 17.7 Å². The van der Waals surface area contributed by atoms with Crippen molar-refractivity contribution in [3.63, 3.8) is 0 Å². The zero-order chi connectivity index (χ0) is 13.4. The molecule has 1 aromatic carbocycles. The Morgan fingerprint density at radius 2 is 2.06 bits per heavy atom. The molecule has 0 radical (unpaired) electrons. The molecule has 0 unspecified atom stereocenters. The van der Waals surface area contributed by atoms with E-state index in [-0.39, 0.29) is 16.1 Å². The van der Waals surface area contributed by atoms with Gasteiger partial charge in [0.1, 0.15) is 17.3 Å². The van der Waals surface area contributed by atoms with Gasteiger partial charge in [-0.05, 0) is 25.1 Å². The van der Waals surface area contributed by atoms with Crippen LogP contribution < -0.4 is 5.69 Å². The van der Waals surface area contributed by atoms with Crippen molar-refractivity contribution in [2.75, 3.05) is 0 Å². The maximum absolute atomic E-state index is 13.6. The number of nitrogens with zero attached hydrogens (tertiary/aromatic N) is 3. The van der Waals surface area contributed by atoms with Gasteiger partial charge in [-0.2, -0.15) is 13.5 Å². The smallest absolute Gasteiger partial charge is 0.245 e. The fourth-order valence-corrected chi connectivity index (χ4v) is 1.71. The second kappa shape index (κ2) is 4.52. The number of hydrogen-bond acceptors (Lipinski definition) is 3. The third kappa shape index (κ3) is 2.03. The first-order valence-electron chi connectivity index (χ1n) is 4.87. The molecule has 0 saturated carbocycles. The van der Waals surface area contributed by atoms with E-state index in [1.807, 2.05) is 0 Å². The zero-order valence-electron chi connectivity index (χ0n) is 9.14. The summed E-state index contributed by atoms with van der Waals surface area (Å²) in [5, 5.41) is 3.61. The summed E-state index contributed by atoms with van der Waals surface area (Å²) in [4.78, 5) is 12.0. The molecule has 0 aliphatic rings. The highest BCUT2D eigenvalue weighted by Crippen LogP contribution is 2.16. The standard InChI is InChI=1S/C10H8F3N3OS/c1-5-14-16(10(17)15(5)9(12)13)8-3-2-6(18)4-7(8)11/h2-4,9,18H,1H3. The largest absolute Gasteiger partial charge is 0.355 e. The number of benzene rings is 1. The van der Waals surface area contributed by atoms with Crippen LogP contribution in [-0.4, -0.2) is 14.3 Å². The molecule has 96 valence electrons. The minimum atomic E-state index is -3.02. The van der Waals surface area contributed by atoms with Crippen LogP contribution in [-0.2, 0) is 0 Å². The predicted octanol–water partition coefficient (Wildman–Crippen LogP) is 2.17. The van der Waals surface area contributed by atoms with Gasteiger partial charge in [-0.25, -0.2) is 13.8 Å². The van der Waals surface area contributed by atoms with Crippen molar-refractivity contribution in [1.29, 1.82) is 0 Å². The van der Waals surface area contributed by atoms with Gasteiger partial charge in [0.25, 0.3) is 0 Å². The molecule has 0 aliphatic carbocycles. The Bertz CT molecular complexity index is 650. The van der Waals surface area contributed by atoms with Gasteiger partial charge in [0.2, 0.25) is 0 Å². The maximum Gasteiger partial charge on any atom is 0.355 e. The number of aryl methyl sites for hydroxylation is 1. The third-order valence-corrected chi connectivity index (χ3v) is 2.61. The van der Waals surface area contributed by atoms with Gasteiger partial charge in [0.15, 0.2) is 0 Å². The van der Waals surface area contributed by atoms with Crippen molar-refractivity contribution in [3.8, 4) is 5.69 Å². The molecule has 2 aromatic rings. The third-order valence-electron chi connectivity index (χ3n) is 2.34. The summed E-state index contributed by atoms with van der Waals surface area (Å²) in [5.41, 5.74) is -1.28. The monoisotopic (exact) mass is 275 g/mol. The molecule has 0 fully saturated rings. The molecule has 1 aromatic heterocycles. The minimum Gasteiger partial charge on any atom is -0.245 e. The number of hydrogen-bond donors (Lipinski definition) is 1. The van der Waals surface area contributed by atoms with Gasteiger partial charge in [-0.3, -0.25) is 0 Å². The van der Waals surface area contributed by atoms with Crippen molar-refractivity contribution in [1.82, 2.24) is 14.3 Å². The van der Waals surface area contributed by atoms with E-state index < -0.39 is 18.1 Å². The summed E-state index contributed by atoms with van der Waals surface area (Å²) in [6.07, 6.45) is 0. The molecule has 0 N–H and O–H groups in total. The first kappa shape index (κ1) is 12.7. The van der Waals surface area contributed by atoms with Gasteiger partial charge in [0.05, 0.1) is 0 Å². The quantitative estimate of drug-likeness (QED) is 0.853. The van der Waals surface area contributed by atoms with E-state index in [0.717, 1.165) is 6.07 Å². The van der Waals surface area contributed by atoms with E-state index in [4.69, 9.17) is 0 Å². The Labute approximate surface area is 105 Å². The summed E-state index contributed by atoms with van der Waals surface area (Å²) in [6, 6.07) is 3.76. The van der Waals surface area contributed by atoms with E-state index in [1.165, 1.54) is 19.1 Å². The molecule has 0 saturated heterocycles. The van der Waals surface area contributed by atoms with Crippen molar-refractivity contribution in [3.05, 3.63) is 40.3 Å².